The fraction of sp³-hybridized carbons (Fsp3) is 0.455. The van der Waals surface area contributed by atoms with E-state index in [1.807, 2.05) is 0 Å². The quantitative estimate of drug-likeness (QED) is 0.720. The van der Waals surface area contributed by atoms with Crippen LogP contribution in [0.2, 0.25) is 0 Å². The van der Waals surface area contributed by atoms with Crippen molar-refractivity contribution in [2.24, 2.45) is 0 Å². The van der Waals surface area contributed by atoms with E-state index in [1.165, 1.54) is 18.2 Å². The van der Waals surface area contributed by atoms with Crippen LogP contribution in [0.15, 0.2) is 24.3 Å². The second kappa shape index (κ2) is 5.66. The fourth-order valence-corrected chi connectivity index (χ4v) is 2.31. The highest BCUT2D eigenvalue weighted by atomic mass is 31.2. The molecular formula is C11H14FO6P. The zero-order chi connectivity index (χ0) is 14.0. The number of phosphoric acid groups is 1. The number of hydrogen-bond donors (Lipinski definition) is 3. The summed E-state index contributed by atoms with van der Waals surface area (Å²) in [6.07, 6.45) is -2.06. The van der Waals surface area contributed by atoms with Gasteiger partial charge < -0.3 is 19.6 Å². The molecule has 0 amide bonds. The van der Waals surface area contributed by atoms with Crippen LogP contribution in [-0.4, -0.2) is 33.7 Å². The van der Waals surface area contributed by atoms with Crippen LogP contribution in [0.1, 0.15) is 18.1 Å². The molecular weight excluding hydrogens is 278 g/mol. The van der Waals surface area contributed by atoms with Crippen molar-refractivity contribution in [1.82, 2.24) is 0 Å². The van der Waals surface area contributed by atoms with E-state index in [2.05, 4.69) is 4.52 Å². The van der Waals surface area contributed by atoms with Gasteiger partial charge in [0, 0.05) is 6.42 Å². The van der Waals surface area contributed by atoms with Gasteiger partial charge in [-0.05, 0) is 17.7 Å². The molecule has 1 aromatic rings. The number of phosphoric ester groups is 1. The third-order valence-corrected chi connectivity index (χ3v) is 3.34. The average molecular weight is 292 g/mol. The summed E-state index contributed by atoms with van der Waals surface area (Å²) in [5.41, 5.74) is 0.567. The van der Waals surface area contributed by atoms with Crippen LogP contribution in [0.3, 0.4) is 0 Å². The highest BCUT2D eigenvalue weighted by Gasteiger charge is 2.36. The molecule has 1 heterocycles. The normalized spacial score (nSPS) is 27.7. The van der Waals surface area contributed by atoms with Crippen LogP contribution in [0.25, 0.3) is 0 Å². The summed E-state index contributed by atoms with van der Waals surface area (Å²) < 4.78 is 33.4. The molecule has 3 N–H and O–H groups in total. The number of halogens is 1. The number of ether oxygens (including phenoxy) is 1. The van der Waals surface area contributed by atoms with Crippen LogP contribution >= 0.6 is 7.82 Å². The Hall–Kier alpha value is -0.820. The summed E-state index contributed by atoms with van der Waals surface area (Å²) in [5, 5.41) is 9.74. The maximum Gasteiger partial charge on any atom is 0.469 e. The Morgan fingerprint density at radius 3 is 2.84 bits per heavy atom. The molecule has 0 aromatic heterocycles. The minimum absolute atomic E-state index is 0.221. The van der Waals surface area contributed by atoms with E-state index in [1.54, 1.807) is 6.07 Å². The zero-order valence-electron chi connectivity index (χ0n) is 9.85. The molecule has 0 saturated carbocycles. The van der Waals surface area contributed by atoms with Crippen molar-refractivity contribution in [2.75, 3.05) is 6.61 Å². The van der Waals surface area contributed by atoms with E-state index >= 15 is 0 Å². The Morgan fingerprint density at radius 1 is 1.47 bits per heavy atom. The molecule has 0 aliphatic carbocycles. The lowest BCUT2D eigenvalue weighted by Crippen LogP contribution is -2.25. The molecule has 3 atom stereocenters. The average Bonchev–Trinajstić information content (AvgIpc) is 2.67. The molecule has 1 aromatic carbocycles. The molecule has 0 spiro atoms. The molecule has 0 unspecified atom stereocenters. The van der Waals surface area contributed by atoms with E-state index in [9.17, 15) is 14.1 Å². The molecule has 8 heteroatoms. The van der Waals surface area contributed by atoms with Crippen molar-refractivity contribution in [3.8, 4) is 0 Å². The van der Waals surface area contributed by atoms with Gasteiger partial charge in [-0.2, -0.15) is 0 Å². The minimum atomic E-state index is -4.60. The predicted octanol–water partition coefficient (Wildman–Crippen LogP) is 1.13. The summed E-state index contributed by atoms with van der Waals surface area (Å²) in [6, 6.07) is 5.78. The third kappa shape index (κ3) is 4.07. The van der Waals surface area contributed by atoms with Gasteiger partial charge in [-0.3, -0.25) is 4.52 Å². The Balaban J connectivity index is 1.99. The van der Waals surface area contributed by atoms with Crippen LogP contribution in [0.4, 0.5) is 4.39 Å². The first kappa shape index (κ1) is 14.6. The first-order chi connectivity index (χ1) is 8.85. The zero-order valence-corrected chi connectivity index (χ0v) is 10.7. The summed E-state index contributed by atoms with van der Waals surface area (Å²) in [6.45, 7) is -0.419. The van der Waals surface area contributed by atoms with Gasteiger partial charge in [-0.1, -0.05) is 12.1 Å². The second-order valence-corrected chi connectivity index (χ2v) is 5.55. The SMILES string of the molecule is O=P(O)(O)OC[C@H]1O[C@@H](c2cccc(F)c2)C[C@@H]1O. The maximum atomic E-state index is 13.1. The molecule has 1 fully saturated rings. The molecule has 2 rings (SSSR count). The Labute approximate surface area is 109 Å². The number of benzene rings is 1. The first-order valence-corrected chi connectivity index (χ1v) is 7.17. The van der Waals surface area contributed by atoms with Crippen LogP contribution in [-0.2, 0) is 13.8 Å². The Bertz CT molecular complexity index is 490. The topological polar surface area (TPSA) is 96.2 Å². The molecule has 6 nitrogen and oxygen atoms in total. The van der Waals surface area contributed by atoms with Crippen molar-refractivity contribution in [3.05, 3.63) is 35.6 Å². The summed E-state index contributed by atoms with van der Waals surface area (Å²) in [7, 11) is -4.60. The van der Waals surface area contributed by atoms with E-state index in [0.29, 0.717) is 5.56 Å². The lowest BCUT2D eigenvalue weighted by molar-refractivity contribution is -0.0221. The van der Waals surface area contributed by atoms with E-state index in [0.717, 1.165) is 0 Å². The maximum absolute atomic E-state index is 13.1. The highest BCUT2D eigenvalue weighted by Crippen LogP contribution is 2.39. The largest absolute Gasteiger partial charge is 0.469 e. The summed E-state index contributed by atoms with van der Waals surface area (Å²) >= 11 is 0. The lowest BCUT2D eigenvalue weighted by atomic mass is 10.0. The van der Waals surface area contributed by atoms with Crippen molar-refractivity contribution in [2.45, 2.75) is 24.7 Å². The lowest BCUT2D eigenvalue weighted by Gasteiger charge is -2.15. The molecule has 19 heavy (non-hydrogen) atoms. The van der Waals surface area contributed by atoms with Gasteiger partial charge in [0.2, 0.25) is 0 Å². The van der Waals surface area contributed by atoms with Gasteiger partial charge in [-0.15, -0.1) is 0 Å². The molecule has 1 aliphatic heterocycles. The minimum Gasteiger partial charge on any atom is -0.390 e. The molecule has 106 valence electrons. The number of aliphatic hydroxyl groups is 1. The van der Waals surface area contributed by atoms with Crippen LogP contribution in [0.5, 0.6) is 0 Å². The molecule has 1 aliphatic rings. The van der Waals surface area contributed by atoms with Gasteiger partial charge in [0.25, 0.3) is 0 Å². The smallest absolute Gasteiger partial charge is 0.390 e. The van der Waals surface area contributed by atoms with Gasteiger partial charge in [-0.25, -0.2) is 8.96 Å². The van der Waals surface area contributed by atoms with E-state index < -0.39 is 38.6 Å². The highest BCUT2D eigenvalue weighted by molar-refractivity contribution is 7.46. The summed E-state index contributed by atoms with van der Waals surface area (Å²) in [4.78, 5) is 17.2. The first-order valence-electron chi connectivity index (χ1n) is 5.64. The van der Waals surface area contributed by atoms with E-state index in [-0.39, 0.29) is 6.42 Å². The van der Waals surface area contributed by atoms with Gasteiger partial charge in [0.05, 0.1) is 18.8 Å². The van der Waals surface area contributed by atoms with Crippen molar-refractivity contribution in [1.29, 1.82) is 0 Å². The second-order valence-electron chi connectivity index (χ2n) is 4.31. The van der Waals surface area contributed by atoms with Crippen LogP contribution in [0, 0.1) is 5.82 Å². The summed E-state index contributed by atoms with van der Waals surface area (Å²) in [5.74, 6) is -0.412. The number of hydrogen-bond acceptors (Lipinski definition) is 4. The van der Waals surface area contributed by atoms with Gasteiger partial charge in [0.15, 0.2) is 0 Å². The fourth-order valence-electron chi connectivity index (χ4n) is 1.97. The predicted molar refractivity (Wildman–Crippen MR) is 62.6 cm³/mol. The Morgan fingerprint density at radius 2 is 2.21 bits per heavy atom. The Kier molecular flexibility index (Phi) is 4.35. The van der Waals surface area contributed by atoms with Crippen molar-refractivity contribution in [3.63, 3.8) is 0 Å². The molecule has 1 saturated heterocycles. The van der Waals surface area contributed by atoms with Crippen LogP contribution < -0.4 is 0 Å². The van der Waals surface area contributed by atoms with Crippen molar-refractivity contribution >= 4 is 7.82 Å². The van der Waals surface area contributed by atoms with Crippen molar-refractivity contribution < 1.29 is 33.1 Å². The number of aliphatic hydroxyl groups excluding tert-OH is 1. The van der Waals surface area contributed by atoms with Gasteiger partial charge >= 0.3 is 7.82 Å². The van der Waals surface area contributed by atoms with E-state index in [4.69, 9.17) is 14.5 Å². The standard InChI is InChI=1S/C11H14FO6P/c12-8-3-1-2-7(4-8)10-5-9(13)11(18-10)6-17-19(14,15)16/h1-4,9-11,13H,5-6H2,(H2,14,15,16)/t9-,10+,11+/m0/s1. The third-order valence-electron chi connectivity index (χ3n) is 2.85. The number of rotatable bonds is 4. The van der Waals surface area contributed by atoms with Gasteiger partial charge in [0.1, 0.15) is 11.9 Å². The molecule has 0 radical (unpaired) electrons. The monoisotopic (exact) mass is 292 g/mol. The molecule has 0 bridgehead atoms.